The number of pyridine rings is 2. The van der Waals surface area contributed by atoms with Crippen molar-refractivity contribution in [3.05, 3.63) is 191 Å². The summed E-state index contributed by atoms with van der Waals surface area (Å²) in [5.74, 6) is 0. The summed E-state index contributed by atoms with van der Waals surface area (Å²) >= 11 is 0. The summed E-state index contributed by atoms with van der Waals surface area (Å²) in [6.07, 6.45) is 3.81. The molecule has 0 spiro atoms. The number of nitrogens with zero attached hydrogens (tertiary/aromatic N) is 8. The van der Waals surface area contributed by atoms with Crippen molar-refractivity contribution in [1.29, 1.82) is 10.5 Å². The first-order valence-corrected chi connectivity index (χ1v) is 20.0. The average Bonchev–Trinajstić information content (AvgIpc) is 3.82. The van der Waals surface area contributed by atoms with Crippen LogP contribution < -0.4 is 0 Å². The monoisotopic (exact) mass is 790 g/mol. The van der Waals surface area contributed by atoms with Crippen molar-refractivity contribution < 1.29 is 0 Å². The highest BCUT2D eigenvalue weighted by Crippen LogP contribution is 2.46. The van der Waals surface area contributed by atoms with Gasteiger partial charge in [-0.25, -0.2) is 9.69 Å². The molecule has 0 bridgehead atoms. The first kappa shape index (κ1) is 36.0. The summed E-state index contributed by atoms with van der Waals surface area (Å²) < 4.78 is 4.42. The van der Waals surface area contributed by atoms with Crippen molar-refractivity contribution in [3.8, 4) is 46.0 Å². The van der Waals surface area contributed by atoms with Crippen LogP contribution in [0.15, 0.2) is 146 Å². The van der Waals surface area contributed by atoms with Crippen LogP contribution in [0.1, 0.15) is 22.3 Å². The topological polar surface area (TPSA) is 91.9 Å². The van der Waals surface area contributed by atoms with E-state index in [1.54, 1.807) is 0 Å². The molecule has 4 heterocycles. The van der Waals surface area contributed by atoms with Gasteiger partial charge in [0.05, 0.1) is 69.9 Å². The highest BCUT2D eigenvalue weighted by molar-refractivity contribution is 6.22. The largest absolute Gasteiger partial charge is 0.309 e. The summed E-state index contributed by atoms with van der Waals surface area (Å²) in [5, 5.41) is 27.3. The number of nitriles is 2. The zero-order valence-corrected chi connectivity index (χ0v) is 33.4. The molecule has 0 N–H and O–H groups in total. The van der Waals surface area contributed by atoms with Crippen molar-refractivity contribution in [1.82, 2.24) is 19.1 Å². The highest BCUT2D eigenvalue weighted by atomic mass is 15.0. The van der Waals surface area contributed by atoms with Gasteiger partial charge in [0.1, 0.15) is 0 Å². The molecule has 11 aromatic rings. The molecule has 8 nitrogen and oxygen atoms in total. The van der Waals surface area contributed by atoms with E-state index in [-0.39, 0.29) is 0 Å². The van der Waals surface area contributed by atoms with Crippen molar-refractivity contribution in [2.45, 2.75) is 13.8 Å². The molecule has 0 aliphatic heterocycles. The van der Waals surface area contributed by atoms with Crippen LogP contribution in [-0.4, -0.2) is 19.1 Å². The number of hydrogen-bond donors (Lipinski definition) is 0. The van der Waals surface area contributed by atoms with Crippen LogP contribution in [0.25, 0.3) is 109 Å². The Morgan fingerprint density at radius 1 is 0.435 bits per heavy atom. The molecule has 11 rings (SSSR count). The Morgan fingerprint density at radius 3 is 1.21 bits per heavy atom. The Kier molecular flexibility index (Phi) is 8.00. The minimum atomic E-state index is 0.534. The second-order valence-electron chi connectivity index (χ2n) is 15.6. The lowest BCUT2D eigenvalue weighted by atomic mass is 9.88. The quantitative estimate of drug-likeness (QED) is 0.131. The number of benzene rings is 7. The Bertz CT molecular complexity index is 3510. The minimum Gasteiger partial charge on any atom is -0.309 e. The predicted molar refractivity (Wildman–Crippen MR) is 248 cm³/mol. The van der Waals surface area contributed by atoms with Crippen LogP contribution in [0.2, 0.25) is 0 Å². The van der Waals surface area contributed by atoms with E-state index in [1.807, 2.05) is 99.0 Å². The first-order chi connectivity index (χ1) is 30.3. The molecule has 0 fully saturated rings. The fourth-order valence-electron chi connectivity index (χ4n) is 9.12. The van der Waals surface area contributed by atoms with E-state index in [0.29, 0.717) is 22.5 Å². The van der Waals surface area contributed by atoms with Gasteiger partial charge in [-0.05, 0) is 154 Å². The van der Waals surface area contributed by atoms with Gasteiger partial charge in [0.2, 0.25) is 0 Å². The summed E-state index contributed by atoms with van der Waals surface area (Å²) in [7, 11) is 0. The van der Waals surface area contributed by atoms with Crippen molar-refractivity contribution in [2.75, 3.05) is 0 Å². The maximum atomic E-state index is 9.85. The fraction of sp³-hybridized carbons (Fsp3) is 0.0370. The Labute approximate surface area is 355 Å². The third-order valence-corrected chi connectivity index (χ3v) is 11.9. The van der Waals surface area contributed by atoms with Crippen LogP contribution in [0.5, 0.6) is 0 Å². The van der Waals surface area contributed by atoms with Gasteiger partial charge in [0, 0.05) is 45.7 Å². The highest BCUT2D eigenvalue weighted by Gasteiger charge is 2.22. The number of aryl methyl sites for hydroxylation is 2. The van der Waals surface area contributed by atoms with Crippen LogP contribution in [-0.2, 0) is 0 Å². The molecular formula is C54H30N8. The lowest BCUT2D eigenvalue weighted by Gasteiger charge is -2.20. The van der Waals surface area contributed by atoms with Gasteiger partial charge in [-0.15, -0.1) is 0 Å². The second-order valence-corrected chi connectivity index (χ2v) is 15.6. The average molecular weight is 791 g/mol. The van der Waals surface area contributed by atoms with Gasteiger partial charge >= 0.3 is 0 Å². The molecule has 0 saturated carbocycles. The van der Waals surface area contributed by atoms with E-state index < -0.39 is 0 Å². The third kappa shape index (κ3) is 5.43. The van der Waals surface area contributed by atoms with Gasteiger partial charge in [0.25, 0.3) is 0 Å². The standard InChI is InChI=1S/C54H30N8/c1-31-5-15-47(59-29-31)53-39-13-11-38(62-50-18-8-34(28-56)22-42(50)44-24-36(58-4)10-20-52(44)62)26-46(39)54(48-16-6-32(2)30-60-48)40-14-12-37(25-45(40)53)61-49-17-7-33(27-55)21-41(49)43-23-35(57-3)9-19-51(43)61/h5-26,29-30H,1-2H3. The normalized spacial score (nSPS) is 11.3. The van der Waals surface area contributed by atoms with Gasteiger partial charge < -0.3 is 9.13 Å². The molecule has 7 aromatic carbocycles. The summed E-state index contributed by atoms with van der Waals surface area (Å²) in [6, 6.07) is 48.9. The molecule has 0 amide bonds. The van der Waals surface area contributed by atoms with Gasteiger partial charge in [-0.2, -0.15) is 10.5 Å². The fourth-order valence-corrected chi connectivity index (χ4v) is 9.12. The van der Waals surface area contributed by atoms with E-state index in [9.17, 15) is 10.5 Å². The number of rotatable bonds is 4. The molecule has 286 valence electrons. The van der Waals surface area contributed by atoms with Crippen LogP contribution in [0.4, 0.5) is 11.4 Å². The molecule has 8 heteroatoms. The van der Waals surface area contributed by atoms with E-state index in [1.165, 1.54) is 0 Å². The maximum Gasteiger partial charge on any atom is 0.188 e. The zero-order valence-electron chi connectivity index (χ0n) is 33.4. The molecular weight excluding hydrogens is 761 g/mol. The van der Waals surface area contributed by atoms with E-state index >= 15 is 0 Å². The molecule has 0 saturated heterocycles. The second kappa shape index (κ2) is 13.8. The predicted octanol–water partition coefficient (Wildman–Crippen LogP) is 13.8. The Hall–Kier alpha value is -9.08. The molecule has 62 heavy (non-hydrogen) atoms. The van der Waals surface area contributed by atoms with Crippen LogP contribution in [0, 0.1) is 49.7 Å². The van der Waals surface area contributed by atoms with E-state index in [4.69, 9.17) is 23.1 Å². The van der Waals surface area contributed by atoms with Crippen molar-refractivity contribution >= 4 is 76.5 Å². The SMILES string of the molecule is [C-]#[N+]c1ccc2c(c1)c1cc(C#N)ccc1n2-c1ccc2c(-c3ccc(C)cn3)c3cc(-n4c5ccc(C#N)cc5c5cc([N+]#[C-])ccc54)ccc3c(-c3ccc(C)cn3)c2c1. The number of hydrogen-bond acceptors (Lipinski definition) is 4. The Balaban J connectivity index is 1.27. The van der Waals surface area contributed by atoms with Crippen LogP contribution >= 0.6 is 0 Å². The molecule has 0 radical (unpaired) electrons. The molecule has 0 aliphatic rings. The minimum absolute atomic E-state index is 0.534. The van der Waals surface area contributed by atoms with Crippen molar-refractivity contribution in [2.24, 2.45) is 0 Å². The summed E-state index contributed by atoms with van der Waals surface area (Å²) in [5.41, 5.74) is 13.5. The number of fused-ring (bicyclic) bond motifs is 8. The van der Waals surface area contributed by atoms with Crippen LogP contribution in [0.3, 0.4) is 0 Å². The van der Waals surface area contributed by atoms with Crippen molar-refractivity contribution in [3.63, 3.8) is 0 Å². The first-order valence-electron chi connectivity index (χ1n) is 20.0. The number of aromatic nitrogens is 4. The zero-order chi connectivity index (χ0) is 42.2. The smallest absolute Gasteiger partial charge is 0.188 e. The lowest BCUT2D eigenvalue weighted by molar-refractivity contribution is 1.18. The lowest BCUT2D eigenvalue weighted by Crippen LogP contribution is -1.99. The summed E-state index contributed by atoms with van der Waals surface area (Å²) in [6.45, 7) is 19.6. The molecule has 0 atom stereocenters. The third-order valence-electron chi connectivity index (χ3n) is 11.9. The molecule has 0 aliphatic carbocycles. The van der Waals surface area contributed by atoms with Gasteiger partial charge in [-0.1, -0.05) is 36.4 Å². The Morgan fingerprint density at radius 2 is 0.839 bits per heavy atom. The van der Waals surface area contributed by atoms with E-state index in [0.717, 1.165) is 110 Å². The summed E-state index contributed by atoms with van der Waals surface area (Å²) in [4.78, 5) is 17.5. The maximum absolute atomic E-state index is 9.85. The van der Waals surface area contributed by atoms with E-state index in [2.05, 4.69) is 91.6 Å². The van der Waals surface area contributed by atoms with Gasteiger partial charge in [0.15, 0.2) is 11.4 Å². The van der Waals surface area contributed by atoms with Gasteiger partial charge in [-0.3, -0.25) is 9.97 Å². The molecule has 0 unspecified atom stereocenters. The molecule has 4 aromatic heterocycles.